The molecule has 1 N–H and O–H groups in total. The van der Waals surface area contributed by atoms with Crippen molar-refractivity contribution >= 4 is 5.91 Å². The summed E-state index contributed by atoms with van der Waals surface area (Å²) in [6, 6.07) is 5.63. The third-order valence-corrected chi connectivity index (χ3v) is 2.99. The fourth-order valence-electron chi connectivity index (χ4n) is 2.01. The van der Waals surface area contributed by atoms with Crippen molar-refractivity contribution in [3.63, 3.8) is 0 Å². The number of ether oxygens (including phenoxy) is 2. The topological polar surface area (TPSA) is 59.0 Å². The summed E-state index contributed by atoms with van der Waals surface area (Å²) in [5.74, 6) is 1.39. The summed E-state index contributed by atoms with van der Waals surface area (Å²) in [5, 5.41) is 9.06. The maximum Gasteiger partial charge on any atom is 0.231 e. The molecule has 1 aliphatic rings. The summed E-state index contributed by atoms with van der Waals surface area (Å²) in [7, 11) is 0. The molecule has 5 nitrogen and oxygen atoms in total. The fraction of sp³-hybridized carbons (Fsp3) is 0.500. The summed E-state index contributed by atoms with van der Waals surface area (Å²) < 4.78 is 10.6. The number of benzene rings is 1. The van der Waals surface area contributed by atoms with Crippen LogP contribution in [0.2, 0.25) is 0 Å². The third-order valence-electron chi connectivity index (χ3n) is 2.99. The van der Waals surface area contributed by atoms with Crippen LogP contribution < -0.4 is 9.47 Å². The second-order valence-electron chi connectivity index (χ2n) is 4.83. The molecule has 1 aliphatic heterocycles. The summed E-state index contributed by atoms with van der Waals surface area (Å²) in [6.45, 7) is 4.71. The summed E-state index contributed by atoms with van der Waals surface area (Å²) >= 11 is 0. The highest BCUT2D eigenvalue weighted by molar-refractivity contribution is 5.78. The SMILES string of the molecule is CC(C)C(=O)N(CCO)Cc1ccc2c(c1)OCO2. The van der Waals surface area contributed by atoms with Gasteiger partial charge in [0.2, 0.25) is 12.7 Å². The van der Waals surface area contributed by atoms with Crippen molar-refractivity contribution in [1.82, 2.24) is 4.90 Å². The molecule has 0 radical (unpaired) electrons. The van der Waals surface area contributed by atoms with Gasteiger partial charge in [0.25, 0.3) is 0 Å². The predicted molar refractivity (Wildman–Crippen MR) is 69.9 cm³/mol. The predicted octanol–water partition coefficient (Wildman–Crippen LogP) is 1.39. The van der Waals surface area contributed by atoms with Crippen LogP contribution >= 0.6 is 0 Å². The third kappa shape index (κ3) is 3.17. The molecule has 1 heterocycles. The molecule has 0 atom stereocenters. The van der Waals surface area contributed by atoms with Crippen molar-refractivity contribution < 1.29 is 19.4 Å². The molecule has 0 aliphatic carbocycles. The highest BCUT2D eigenvalue weighted by Crippen LogP contribution is 2.32. The van der Waals surface area contributed by atoms with E-state index in [0.29, 0.717) is 18.8 Å². The van der Waals surface area contributed by atoms with E-state index in [0.717, 1.165) is 11.3 Å². The Kier molecular flexibility index (Phi) is 4.27. The minimum absolute atomic E-state index is 0.0340. The van der Waals surface area contributed by atoms with Crippen molar-refractivity contribution in [3.8, 4) is 11.5 Å². The smallest absolute Gasteiger partial charge is 0.231 e. The van der Waals surface area contributed by atoms with E-state index in [1.165, 1.54) is 0 Å². The minimum Gasteiger partial charge on any atom is -0.454 e. The fourth-order valence-corrected chi connectivity index (χ4v) is 2.01. The average molecular weight is 265 g/mol. The van der Waals surface area contributed by atoms with Crippen LogP contribution in [0.15, 0.2) is 18.2 Å². The van der Waals surface area contributed by atoms with Crippen molar-refractivity contribution in [1.29, 1.82) is 0 Å². The van der Waals surface area contributed by atoms with Gasteiger partial charge in [0.1, 0.15) is 0 Å². The van der Waals surface area contributed by atoms with Crippen LogP contribution in [-0.4, -0.2) is 35.9 Å². The molecule has 1 aromatic rings. The van der Waals surface area contributed by atoms with Gasteiger partial charge in [0, 0.05) is 19.0 Å². The lowest BCUT2D eigenvalue weighted by molar-refractivity contribution is -0.135. The Morgan fingerprint density at radius 2 is 2.11 bits per heavy atom. The molecule has 0 spiro atoms. The first-order valence-corrected chi connectivity index (χ1v) is 6.40. The van der Waals surface area contributed by atoms with Crippen molar-refractivity contribution in [2.24, 2.45) is 5.92 Å². The van der Waals surface area contributed by atoms with Gasteiger partial charge in [-0.25, -0.2) is 0 Å². The molecule has 19 heavy (non-hydrogen) atoms. The Morgan fingerprint density at radius 1 is 1.37 bits per heavy atom. The van der Waals surface area contributed by atoms with Crippen LogP contribution in [0.5, 0.6) is 11.5 Å². The molecule has 0 saturated carbocycles. The van der Waals surface area contributed by atoms with E-state index in [2.05, 4.69) is 0 Å². The summed E-state index contributed by atoms with van der Waals surface area (Å²) in [5.41, 5.74) is 0.965. The number of nitrogens with zero attached hydrogens (tertiary/aromatic N) is 1. The molecular formula is C14H19NO4. The Balaban J connectivity index is 2.10. The van der Waals surface area contributed by atoms with Crippen LogP contribution in [-0.2, 0) is 11.3 Å². The van der Waals surface area contributed by atoms with Gasteiger partial charge in [-0.1, -0.05) is 19.9 Å². The van der Waals surface area contributed by atoms with E-state index in [1.54, 1.807) is 4.90 Å². The maximum absolute atomic E-state index is 12.0. The highest BCUT2D eigenvalue weighted by atomic mass is 16.7. The van der Waals surface area contributed by atoms with Crippen LogP contribution in [0, 0.1) is 5.92 Å². The van der Waals surface area contributed by atoms with E-state index >= 15 is 0 Å². The largest absolute Gasteiger partial charge is 0.454 e. The first kappa shape index (κ1) is 13.7. The quantitative estimate of drug-likeness (QED) is 0.874. The van der Waals surface area contributed by atoms with Crippen LogP contribution in [0.4, 0.5) is 0 Å². The lowest BCUT2D eigenvalue weighted by atomic mass is 10.1. The van der Waals surface area contributed by atoms with Crippen molar-refractivity contribution in [3.05, 3.63) is 23.8 Å². The van der Waals surface area contributed by atoms with Gasteiger partial charge in [-0.2, -0.15) is 0 Å². The Morgan fingerprint density at radius 3 is 2.79 bits per heavy atom. The Labute approximate surface area is 112 Å². The van der Waals surface area contributed by atoms with Gasteiger partial charge in [-0.05, 0) is 17.7 Å². The standard InChI is InChI=1S/C14H19NO4/c1-10(2)14(17)15(5-6-16)8-11-3-4-12-13(7-11)19-9-18-12/h3-4,7,10,16H,5-6,8-9H2,1-2H3. The van der Waals surface area contributed by atoms with Crippen LogP contribution in [0.3, 0.4) is 0 Å². The van der Waals surface area contributed by atoms with Crippen LogP contribution in [0.25, 0.3) is 0 Å². The molecule has 0 bridgehead atoms. The van der Waals surface area contributed by atoms with E-state index < -0.39 is 0 Å². The Bertz CT molecular complexity index is 459. The molecule has 5 heteroatoms. The number of aliphatic hydroxyl groups excluding tert-OH is 1. The molecular weight excluding hydrogens is 246 g/mol. The monoisotopic (exact) mass is 265 g/mol. The van der Waals surface area contributed by atoms with Crippen molar-refractivity contribution in [2.45, 2.75) is 20.4 Å². The van der Waals surface area contributed by atoms with Gasteiger partial charge in [-0.3, -0.25) is 4.79 Å². The maximum atomic E-state index is 12.0. The summed E-state index contributed by atoms with van der Waals surface area (Å²) in [6.07, 6.45) is 0. The number of aliphatic hydroxyl groups is 1. The van der Waals surface area contributed by atoms with Gasteiger partial charge in [0.15, 0.2) is 11.5 Å². The van der Waals surface area contributed by atoms with Gasteiger partial charge < -0.3 is 19.5 Å². The lowest BCUT2D eigenvalue weighted by Gasteiger charge is -2.23. The molecule has 0 fully saturated rings. The molecule has 1 amide bonds. The molecule has 0 saturated heterocycles. The zero-order chi connectivity index (χ0) is 13.8. The molecule has 1 aromatic carbocycles. The number of carbonyl (C=O) groups excluding carboxylic acids is 1. The van der Waals surface area contributed by atoms with E-state index in [1.807, 2.05) is 32.0 Å². The first-order chi connectivity index (χ1) is 9.11. The zero-order valence-electron chi connectivity index (χ0n) is 11.3. The molecule has 104 valence electrons. The van der Waals surface area contributed by atoms with Gasteiger partial charge in [-0.15, -0.1) is 0 Å². The number of rotatable bonds is 5. The van der Waals surface area contributed by atoms with Crippen molar-refractivity contribution in [2.75, 3.05) is 19.9 Å². The van der Waals surface area contributed by atoms with E-state index in [4.69, 9.17) is 14.6 Å². The Hall–Kier alpha value is -1.75. The zero-order valence-corrected chi connectivity index (χ0v) is 11.3. The van der Waals surface area contributed by atoms with E-state index in [-0.39, 0.29) is 25.2 Å². The van der Waals surface area contributed by atoms with Crippen LogP contribution in [0.1, 0.15) is 19.4 Å². The van der Waals surface area contributed by atoms with Gasteiger partial charge >= 0.3 is 0 Å². The number of amides is 1. The second kappa shape index (κ2) is 5.93. The second-order valence-corrected chi connectivity index (χ2v) is 4.83. The number of fused-ring (bicyclic) bond motifs is 1. The average Bonchev–Trinajstić information content (AvgIpc) is 2.84. The highest BCUT2D eigenvalue weighted by Gasteiger charge is 2.19. The first-order valence-electron chi connectivity index (χ1n) is 6.40. The lowest BCUT2D eigenvalue weighted by Crippen LogP contribution is -2.35. The normalized spacial score (nSPS) is 12.8. The molecule has 2 rings (SSSR count). The minimum atomic E-state index is -0.0828. The number of hydrogen-bond acceptors (Lipinski definition) is 4. The van der Waals surface area contributed by atoms with E-state index in [9.17, 15) is 4.79 Å². The molecule has 0 aromatic heterocycles. The number of hydrogen-bond donors (Lipinski definition) is 1. The molecule has 0 unspecified atom stereocenters. The summed E-state index contributed by atoms with van der Waals surface area (Å²) in [4.78, 5) is 13.7. The van der Waals surface area contributed by atoms with Gasteiger partial charge in [0.05, 0.1) is 6.61 Å². The number of carbonyl (C=O) groups is 1.